The van der Waals surface area contributed by atoms with Gasteiger partial charge in [-0.15, -0.1) is 18.8 Å². The van der Waals surface area contributed by atoms with Crippen LogP contribution in [0.2, 0.25) is 0 Å². The average Bonchev–Trinajstić information content (AvgIpc) is 2.23. The third-order valence-corrected chi connectivity index (χ3v) is 3.37. The molecule has 4 nitrogen and oxygen atoms in total. The van der Waals surface area contributed by atoms with Gasteiger partial charge in [0.1, 0.15) is 0 Å². The van der Waals surface area contributed by atoms with Crippen molar-refractivity contribution in [3.63, 3.8) is 0 Å². The Bertz CT molecular complexity index is 355. The molecule has 94 valence electrons. The molecule has 19 heavy (non-hydrogen) atoms. The number of allylic oxidation sites excluding steroid dienone is 1. The van der Waals surface area contributed by atoms with Gasteiger partial charge in [0.15, 0.2) is 0 Å². The topological polar surface area (TPSA) is 62.3 Å². The zero-order valence-corrected chi connectivity index (χ0v) is 16.9. The molecule has 0 radical (unpaired) electrons. The molecule has 1 unspecified atom stereocenters. The second-order valence-electron chi connectivity index (χ2n) is 4.27. The molecule has 0 spiro atoms. The normalized spacial score (nSPS) is 18.3. The number of thiocarbonyl (C=S) groups is 1. The average molecular weight is 298 g/mol. The summed E-state index contributed by atoms with van der Waals surface area (Å²) < 4.78 is 0. The number of carbonyl (C=O) groups is 2. The van der Waals surface area contributed by atoms with E-state index in [2.05, 4.69) is 17.2 Å². The third kappa shape index (κ3) is 4.63. The van der Waals surface area contributed by atoms with Crippen molar-refractivity contribution in [2.24, 2.45) is 11.3 Å². The third-order valence-electron chi connectivity index (χ3n) is 3.19. The molecule has 0 bridgehead atoms. The van der Waals surface area contributed by atoms with Gasteiger partial charge < -0.3 is 20.2 Å². The zero-order valence-electron chi connectivity index (χ0n) is 12.1. The summed E-state index contributed by atoms with van der Waals surface area (Å²) >= 11 is 4.70. The van der Waals surface area contributed by atoms with E-state index in [0.717, 1.165) is 12.8 Å². The number of amides is 2. The molecule has 1 aliphatic heterocycles. The largest absolute Gasteiger partial charge is 1.00 e. The summed E-state index contributed by atoms with van der Waals surface area (Å²) in [5, 5.41) is 7.17. The van der Waals surface area contributed by atoms with E-state index in [0.29, 0.717) is 0 Å². The first-order chi connectivity index (χ1) is 7.98. The van der Waals surface area contributed by atoms with Crippen LogP contribution in [0.25, 0.3) is 10.6 Å². The van der Waals surface area contributed by atoms with E-state index in [1.807, 2.05) is 13.8 Å². The van der Waals surface area contributed by atoms with Crippen LogP contribution < -0.4 is 59.1 Å². The van der Waals surface area contributed by atoms with Crippen molar-refractivity contribution in [1.82, 2.24) is 0 Å². The van der Waals surface area contributed by atoms with Gasteiger partial charge in [0.25, 0.3) is 0 Å². The first-order valence-corrected chi connectivity index (χ1v) is 6.07. The SMILES string of the molecule is C=CCC1(C(C)CCC)C(=O)[N-]C(=S)[N-]C1=O.[Na+].[Na+]. The molecule has 0 aromatic rings. The fourth-order valence-electron chi connectivity index (χ4n) is 2.19. The zero-order chi connectivity index (χ0) is 13.1. The van der Waals surface area contributed by atoms with Gasteiger partial charge in [-0.1, -0.05) is 26.3 Å². The summed E-state index contributed by atoms with van der Waals surface area (Å²) in [5.41, 5.74) is -1.18. The molecule has 1 heterocycles. The van der Waals surface area contributed by atoms with Gasteiger partial charge >= 0.3 is 59.1 Å². The molecule has 0 aliphatic carbocycles. The maximum Gasteiger partial charge on any atom is 1.00 e. The van der Waals surface area contributed by atoms with Crippen molar-refractivity contribution in [1.29, 1.82) is 0 Å². The minimum absolute atomic E-state index is 0. The van der Waals surface area contributed by atoms with Crippen LogP contribution in [0.15, 0.2) is 12.7 Å². The molecule has 0 N–H and O–H groups in total. The van der Waals surface area contributed by atoms with Gasteiger partial charge in [0.05, 0.1) is 17.2 Å². The number of nitrogens with zero attached hydrogens (tertiary/aromatic N) is 2. The van der Waals surface area contributed by atoms with Gasteiger partial charge in [-0.05, 0) is 18.8 Å². The van der Waals surface area contributed by atoms with Crippen molar-refractivity contribution in [3.8, 4) is 0 Å². The number of hydrogen-bond acceptors (Lipinski definition) is 3. The first kappa shape index (κ1) is 22.1. The summed E-state index contributed by atoms with van der Waals surface area (Å²) in [4.78, 5) is 24.1. The smallest absolute Gasteiger partial charge is 0.636 e. The number of carbonyl (C=O) groups excluding carboxylic acids is 2. The second-order valence-corrected chi connectivity index (χ2v) is 4.64. The quantitative estimate of drug-likeness (QED) is 0.237. The summed E-state index contributed by atoms with van der Waals surface area (Å²) in [7, 11) is 0. The van der Waals surface area contributed by atoms with Crippen molar-refractivity contribution < 1.29 is 68.7 Å². The standard InChI is InChI=1S/C12H18N2O2S.2Na/c1-4-6-8(3)12(7-5-2)9(15)13-11(17)14-10(12)16;;/h5,8H,2,4,6-7H2,1,3H3,(H2,13,14,15,16,17);;/q;2*+1/p-2. The van der Waals surface area contributed by atoms with Crippen LogP contribution in [0, 0.1) is 11.3 Å². The van der Waals surface area contributed by atoms with Crippen LogP contribution in [-0.2, 0) is 9.59 Å². The molecule has 1 aliphatic rings. The molecule has 0 saturated carbocycles. The van der Waals surface area contributed by atoms with E-state index < -0.39 is 17.2 Å². The van der Waals surface area contributed by atoms with Crippen molar-refractivity contribution in [2.45, 2.75) is 33.1 Å². The van der Waals surface area contributed by atoms with Crippen LogP contribution in [0.3, 0.4) is 0 Å². The Labute approximate surface area is 164 Å². The Balaban J connectivity index is 0. The number of rotatable bonds is 5. The summed E-state index contributed by atoms with van der Waals surface area (Å²) in [6, 6.07) is 0. The molecule has 1 atom stereocenters. The molecular formula is C12H16N2Na2O2S. The molecule has 7 heteroatoms. The molecule has 1 fully saturated rings. The first-order valence-electron chi connectivity index (χ1n) is 5.66. The summed E-state index contributed by atoms with van der Waals surface area (Å²) in [5.74, 6) is -1.05. The Morgan fingerprint density at radius 3 is 2.16 bits per heavy atom. The van der Waals surface area contributed by atoms with E-state index >= 15 is 0 Å². The molecule has 1 saturated heterocycles. The van der Waals surface area contributed by atoms with Crippen molar-refractivity contribution >= 4 is 29.1 Å². The van der Waals surface area contributed by atoms with Gasteiger partial charge in [-0.25, -0.2) is 0 Å². The minimum Gasteiger partial charge on any atom is -0.636 e. The van der Waals surface area contributed by atoms with Gasteiger partial charge in [-0.2, -0.15) is 5.11 Å². The summed E-state index contributed by atoms with van der Waals surface area (Å²) in [6.07, 6.45) is 3.50. The van der Waals surface area contributed by atoms with E-state index in [1.165, 1.54) is 0 Å². The Morgan fingerprint density at radius 1 is 1.32 bits per heavy atom. The van der Waals surface area contributed by atoms with E-state index in [4.69, 9.17) is 12.2 Å². The van der Waals surface area contributed by atoms with Crippen LogP contribution in [0.5, 0.6) is 0 Å². The monoisotopic (exact) mass is 298 g/mol. The van der Waals surface area contributed by atoms with Crippen LogP contribution in [-0.4, -0.2) is 16.9 Å². The Hall–Kier alpha value is 0.770. The molecular weight excluding hydrogens is 282 g/mol. The molecule has 0 aromatic heterocycles. The predicted octanol–water partition coefficient (Wildman–Crippen LogP) is -2.91. The molecule has 0 aromatic carbocycles. The maximum atomic E-state index is 12.1. The second kappa shape index (κ2) is 9.66. The van der Waals surface area contributed by atoms with Crippen molar-refractivity contribution in [2.75, 3.05) is 0 Å². The number of hydrogen-bond donors (Lipinski definition) is 0. The Morgan fingerprint density at radius 2 is 1.79 bits per heavy atom. The van der Waals surface area contributed by atoms with Crippen LogP contribution >= 0.6 is 12.2 Å². The van der Waals surface area contributed by atoms with Crippen LogP contribution in [0.1, 0.15) is 33.1 Å². The van der Waals surface area contributed by atoms with E-state index in [1.54, 1.807) is 6.08 Å². The Kier molecular flexibility index (Phi) is 11.2. The fourth-order valence-corrected chi connectivity index (χ4v) is 2.36. The fraction of sp³-hybridized carbons (Fsp3) is 0.583. The van der Waals surface area contributed by atoms with Gasteiger partial charge in [0.2, 0.25) is 0 Å². The molecule has 1 rings (SSSR count). The van der Waals surface area contributed by atoms with Gasteiger partial charge in [-0.3, -0.25) is 0 Å². The van der Waals surface area contributed by atoms with Crippen molar-refractivity contribution in [3.05, 3.63) is 23.3 Å². The summed E-state index contributed by atoms with van der Waals surface area (Å²) in [6.45, 7) is 7.50. The maximum absolute atomic E-state index is 12.1. The van der Waals surface area contributed by atoms with E-state index in [9.17, 15) is 9.59 Å². The molecule has 2 amide bonds. The van der Waals surface area contributed by atoms with E-state index in [-0.39, 0.29) is 76.6 Å². The predicted molar refractivity (Wildman–Crippen MR) is 70.6 cm³/mol. The van der Waals surface area contributed by atoms with Crippen LogP contribution in [0.4, 0.5) is 0 Å². The minimum atomic E-state index is -1.18. The van der Waals surface area contributed by atoms with Gasteiger partial charge in [0, 0.05) is 0 Å².